The highest BCUT2D eigenvalue weighted by Gasteiger charge is 2.08. The molecule has 0 N–H and O–H groups in total. The summed E-state index contributed by atoms with van der Waals surface area (Å²) in [5, 5.41) is 1.56. The van der Waals surface area contributed by atoms with Gasteiger partial charge in [0.1, 0.15) is 16.0 Å². The Bertz CT molecular complexity index is 347. The summed E-state index contributed by atoms with van der Waals surface area (Å²) in [6.45, 7) is 4.77. The van der Waals surface area contributed by atoms with Crippen molar-refractivity contribution in [2.45, 2.75) is 31.7 Å². The van der Waals surface area contributed by atoms with Gasteiger partial charge in [0.25, 0.3) is 0 Å². The number of halogens is 1. The summed E-state index contributed by atoms with van der Waals surface area (Å²) in [6.07, 6.45) is 1.83. The Morgan fingerprint density at radius 3 is 2.75 bits per heavy atom. The van der Waals surface area contributed by atoms with Crippen molar-refractivity contribution in [3.8, 4) is 0 Å². The molecule has 0 aliphatic heterocycles. The zero-order valence-electron chi connectivity index (χ0n) is 9.92. The van der Waals surface area contributed by atoms with E-state index in [1.54, 1.807) is 18.9 Å². The highest BCUT2D eigenvalue weighted by molar-refractivity contribution is 7.99. The minimum Gasteiger partial charge on any atom is -0.385 e. The van der Waals surface area contributed by atoms with Crippen molar-refractivity contribution < 1.29 is 4.74 Å². The van der Waals surface area contributed by atoms with Gasteiger partial charge in [-0.3, -0.25) is 0 Å². The summed E-state index contributed by atoms with van der Waals surface area (Å²) in [4.78, 5) is 8.69. The molecule has 5 heteroatoms. The molecule has 0 saturated heterocycles. The van der Waals surface area contributed by atoms with E-state index in [0.717, 1.165) is 41.6 Å². The van der Waals surface area contributed by atoms with Crippen molar-refractivity contribution in [1.29, 1.82) is 0 Å². The number of rotatable bonds is 6. The van der Waals surface area contributed by atoms with Crippen LogP contribution < -0.4 is 0 Å². The lowest BCUT2D eigenvalue weighted by atomic mass is 10.3. The molecule has 0 amide bonds. The first kappa shape index (κ1) is 13.7. The highest BCUT2D eigenvalue weighted by atomic mass is 35.5. The quantitative estimate of drug-likeness (QED) is 0.447. The Morgan fingerprint density at radius 1 is 1.38 bits per heavy atom. The Hall–Kier alpha value is -0.320. The Balaban J connectivity index is 2.66. The molecule has 0 aliphatic carbocycles. The van der Waals surface area contributed by atoms with E-state index < -0.39 is 0 Å². The van der Waals surface area contributed by atoms with Gasteiger partial charge in [-0.15, -0.1) is 11.8 Å². The number of thioether (sulfide) groups is 1. The molecular formula is C11H17ClN2OS. The summed E-state index contributed by atoms with van der Waals surface area (Å²) in [7, 11) is 1.71. The first-order chi connectivity index (χ1) is 7.69. The van der Waals surface area contributed by atoms with Gasteiger partial charge < -0.3 is 4.74 Å². The first-order valence-electron chi connectivity index (χ1n) is 5.33. The molecule has 16 heavy (non-hydrogen) atoms. The maximum absolute atomic E-state index is 6.05. The van der Waals surface area contributed by atoms with Crippen molar-refractivity contribution in [3.63, 3.8) is 0 Å². The van der Waals surface area contributed by atoms with Gasteiger partial charge in [-0.1, -0.05) is 18.5 Å². The molecule has 90 valence electrons. The lowest BCUT2D eigenvalue weighted by Crippen LogP contribution is -1.99. The van der Waals surface area contributed by atoms with Crippen molar-refractivity contribution in [2.24, 2.45) is 0 Å². The largest absolute Gasteiger partial charge is 0.385 e. The maximum Gasteiger partial charge on any atom is 0.136 e. The van der Waals surface area contributed by atoms with Crippen molar-refractivity contribution in [1.82, 2.24) is 9.97 Å². The van der Waals surface area contributed by atoms with Crippen molar-refractivity contribution >= 4 is 23.4 Å². The summed E-state index contributed by atoms with van der Waals surface area (Å²) in [5.74, 6) is 1.80. The topological polar surface area (TPSA) is 35.0 Å². The summed E-state index contributed by atoms with van der Waals surface area (Å²) in [5.41, 5.74) is 0.973. The molecule has 0 unspecified atom stereocenters. The number of nitrogens with zero attached hydrogens (tertiary/aromatic N) is 2. The minimum absolute atomic E-state index is 0.570. The predicted molar refractivity (Wildman–Crippen MR) is 68.4 cm³/mol. The lowest BCUT2D eigenvalue weighted by Gasteiger charge is -2.07. The maximum atomic E-state index is 6.05. The normalized spacial score (nSPS) is 10.8. The van der Waals surface area contributed by atoms with E-state index in [9.17, 15) is 0 Å². The molecule has 1 rings (SSSR count). The predicted octanol–water partition coefficient (Wildman–Crippen LogP) is 3.13. The number of methoxy groups -OCH3 is 1. The van der Waals surface area contributed by atoms with E-state index in [1.807, 2.05) is 13.8 Å². The number of aryl methyl sites for hydroxylation is 1. The first-order valence-corrected chi connectivity index (χ1v) is 6.70. The number of hydrogen-bond donors (Lipinski definition) is 0. The standard InChI is InChI=1S/C11H17ClN2OS/c1-4-9-13-10(12)8(2)11(14-9)16-7-5-6-15-3/h4-7H2,1-3H3. The van der Waals surface area contributed by atoms with E-state index in [0.29, 0.717) is 5.15 Å². The van der Waals surface area contributed by atoms with Gasteiger partial charge in [0, 0.05) is 31.5 Å². The van der Waals surface area contributed by atoms with Crippen LogP contribution in [-0.4, -0.2) is 29.4 Å². The van der Waals surface area contributed by atoms with E-state index in [4.69, 9.17) is 16.3 Å². The average Bonchev–Trinajstić information content (AvgIpc) is 2.29. The molecule has 0 saturated carbocycles. The van der Waals surface area contributed by atoms with E-state index >= 15 is 0 Å². The molecular weight excluding hydrogens is 244 g/mol. The number of hydrogen-bond acceptors (Lipinski definition) is 4. The molecule has 1 heterocycles. The van der Waals surface area contributed by atoms with Gasteiger partial charge in [-0.25, -0.2) is 9.97 Å². The molecule has 0 aromatic carbocycles. The molecule has 0 aliphatic rings. The van der Waals surface area contributed by atoms with Crippen LogP contribution in [0.4, 0.5) is 0 Å². The number of aromatic nitrogens is 2. The number of ether oxygens (including phenoxy) is 1. The van der Waals surface area contributed by atoms with Crippen LogP contribution >= 0.6 is 23.4 Å². The Morgan fingerprint density at radius 2 is 2.12 bits per heavy atom. The third kappa shape index (κ3) is 3.92. The van der Waals surface area contributed by atoms with Gasteiger partial charge >= 0.3 is 0 Å². The van der Waals surface area contributed by atoms with Gasteiger partial charge in [0.2, 0.25) is 0 Å². The summed E-state index contributed by atoms with van der Waals surface area (Å²) < 4.78 is 5.01. The molecule has 0 radical (unpaired) electrons. The lowest BCUT2D eigenvalue weighted by molar-refractivity contribution is 0.200. The molecule has 0 fully saturated rings. The van der Waals surface area contributed by atoms with Crippen LogP contribution in [-0.2, 0) is 11.2 Å². The monoisotopic (exact) mass is 260 g/mol. The van der Waals surface area contributed by atoms with E-state index in [1.165, 1.54) is 0 Å². The van der Waals surface area contributed by atoms with Crippen LogP contribution in [0.3, 0.4) is 0 Å². The zero-order valence-corrected chi connectivity index (χ0v) is 11.5. The van der Waals surface area contributed by atoms with Gasteiger partial charge in [0.15, 0.2) is 0 Å². The van der Waals surface area contributed by atoms with Crippen LogP contribution in [0, 0.1) is 6.92 Å². The second-order valence-corrected chi connectivity index (χ2v) is 4.85. The SMILES string of the molecule is CCc1nc(Cl)c(C)c(SCCCOC)n1. The smallest absolute Gasteiger partial charge is 0.136 e. The minimum atomic E-state index is 0.570. The third-order valence-corrected chi connectivity index (χ3v) is 3.67. The van der Waals surface area contributed by atoms with Crippen LogP contribution in [0.2, 0.25) is 5.15 Å². The van der Waals surface area contributed by atoms with E-state index in [-0.39, 0.29) is 0 Å². The molecule has 1 aromatic rings. The molecule has 0 bridgehead atoms. The van der Waals surface area contributed by atoms with Crippen LogP contribution in [0.5, 0.6) is 0 Å². The zero-order chi connectivity index (χ0) is 12.0. The van der Waals surface area contributed by atoms with Gasteiger partial charge in [-0.2, -0.15) is 0 Å². The fourth-order valence-corrected chi connectivity index (χ4v) is 2.36. The Kier molecular flexibility index (Phi) is 6.09. The summed E-state index contributed by atoms with van der Waals surface area (Å²) >= 11 is 7.76. The van der Waals surface area contributed by atoms with E-state index in [2.05, 4.69) is 9.97 Å². The Labute approximate surface area is 106 Å². The average molecular weight is 261 g/mol. The van der Waals surface area contributed by atoms with Crippen LogP contribution in [0.1, 0.15) is 24.7 Å². The second-order valence-electron chi connectivity index (χ2n) is 3.41. The van der Waals surface area contributed by atoms with Crippen LogP contribution in [0.25, 0.3) is 0 Å². The van der Waals surface area contributed by atoms with Crippen LogP contribution in [0.15, 0.2) is 5.03 Å². The third-order valence-electron chi connectivity index (χ3n) is 2.14. The van der Waals surface area contributed by atoms with Gasteiger partial charge in [0.05, 0.1) is 0 Å². The second kappa shape index (κ2) is 7.09. The molecule has 1 aromatic heterocycles. The fraction of sp³-hybridized carbons (Fsp3) is 0.636. The highest BCUT2D eigenvalue weighted by Crippen LogP contribution is 2.25. The molecule has 3 nitrogen and oxygen atoms in total. The fourth-order valence-electron chi connectivity index (χ4n) is 1.18. The van der Waals surface area contributed by atoms with Gasteiger partial charge in [-0.05, 0) is 13.3 Å². The summed E-state index contributed by atoms with van der Waals surface area (Å²) in [6, 6.07) is 0. The van der Waals surface area contributed by atoms with Crippen molar-refractivity contribution in [3.05, 3.63) is 16.5 Å². The molecule has 0 atom stereocenters. The molecule has 0 spiro atoms. The van der Waals surface area contributed by atoms with Crippen molar-refractivity contribution in [2.75, 3.05) is 19.5 Å².